The van der Waals surface area contributed by atoms with Gasteiger partial charge in [0.05, 0.1) is 10.2 Å². The number of nitrogens with one attached hydrogen (secondary N) is 1. The maximum Gasteiger partial charge on any atom is 0.330 e. The highest BCUT2D eigenvalue weighted by Gasteiger charge is 2.27. The molecule has 2 heterocycles. The molecule has 0 spiro atoms. The molecule has 1 aliphatic heterocycles. The molecule has 0 aliphatic carbocycles. The third-order valence-corrected chi connectivity index (χ3v) is 4.00. The second-order valence-corrected chi connectivity index (χ2v) is 5.53. The van der Waals surface area contributed by atoms with Crippen LogP contribution >= 0.6 is 34.4 Å². The number of aliphatic hydroxyl groups is 1. The molecule has 0 bridgehead atoms. The Kier molecular flexibility index (Phi) is 3.72. The van der Waals surface area contributed by atoms with Crippen molar-refractivity contribution < 1.29 is 9.84 Å². The van der Waals surface area contributed by atoms with Crippen LogP contribution < -0.4 is 11.2 Å². The lowest BCUT2D eigenvalue weighted by Crippen LogP contribution is -2.34. The van der Waals surface area contributed by atoms with Crippen LogP contribution in [0.25, 0.3) is 0 Å². The number of rotatable bonds is 2. The average molecular weight is 356 g/mol. The van der Waals surface area contributed by atoms with Gasteiger partial charge in [0.25, 0.3) is 5.56 Å². The second kappa shape index (κ2) is 4.90. The smallest absolute Gasteiger partial charge is 0.330 e. The standard InChI is InChI=1S/C8H9IN2O4S/c9-4-1-11(8(14)10-7(4)13)5-3-16-6(2-12)15-5/h1,5-6,12H,2-3H2,(H,10,13,14)/t5-,6-/m0/s1. The largest absolute Gasteiger partial charge is 0.393 e. The molecule has 1 aliphatic rings. The van der Waals surface area contributed by atoms with E-state index >= 15 is 0 Å². The van der Waals surface area contributed by atoms with Crippen LogP contribution in [0.5, 0.6) is 0 Å². The second-order valence-electron chi connectivity index (χ2n) is 3.18. The lowest BCUT2D eigenvalue weighted by Gasteiger charge is -2.13. The molecule has 2 rings (SSSR count). The van der Waals surface area contributed by atoms with Gasteiger partial charge in [-0.3, -0.25) is 14.3 Å². The Morgan fingerprint density at radius 2 is 2.44 bits per heavy atom. The zero-order chi connectivity index (χ0) is 11.7. The first kappa shape index (κ1) is 12.1. The maximum absolute atomic E-state index is 11.5. The van der Waals surface area contributed by atoms with Crippen molar-refractivity contribution in [3.63, 3.8) is 0 Å². The van der Waals surface area contributed by atoms with Crippen LogP contribution in [0.15, 0.2) is 15.8 Å². The number of hydrogen-bond acceptors (Lipinski definition) is 5. The molecule has 1 aromatic rings. The van der Waals surface area contributed by atoms with Gasteiger partial charge in [-0.25, -0.2) is 4.79 Å². The van der Waals surface area contributed by atoms with Gasteiger partial charge in [-0.1, -0.05) is 0 Å². The van der Waals surface area contributed by atoms with Crippen LogP contribution in [0.1, 0.15) is 6.23 Å². The molecule has 2 atom stereocenters. The van der Waals surface area contributed by atoms with Crippen molar-refractivity contribution in [1.82, 2.24) is 9.55 Å². The van der Waals surface area contributed by atoms with E-state index in [1.807, 2.05) is 22.6 Å². The van der Waals surface area contributed by atoms with Crippen LogP contribution in [0, 0.1) is 3.57 Å². The maximum atomic E-state index is 11.5. The van der Waals surface area contributed by atoms with Gasteiger partial charge in [0.1, 0.15) is 11.7 Å². The molecule has 0 radical (unpaired) electrons. The van der Waals surface area contributed by atoms with Gasteiger partial charge in [-0.05, 0) is 22.6 Å². The number of thioether (sulfide) groups is 1. The molecule has 88 valence electrons. The summed E-state index contributed by atoms with van der Waals surface area (Å²) >= 11 is 3.29. The zero-order valence-corrected chi connectivity index (χ0v) is 11.0. The molecule has 8 heteroatoms. The molecular weight excluding hydrogens is 347 g/mol. The summed E-state index contributed by atoms with van der Waals surface area (Å²) in [5, 5.41) is 8.91. The fourth-order valence-corrected chi connectivity index (χ4v) is 2.73. The van der Waals surface area contributed by atoms with Crippen molar-refractivity contribution >= 4 is 34.4 Å². The van der Waals surface area contributed by atoms with Crippen LogP contribution in [0.3, 0.4) is 0 Å². The lowest BCUT2D eigenvalue weighted by molar-refractivity contribution is -0.00652. The summed E-state index contributed by atoms with van der Waals surface area (Å²) in [4.78, 5) is 24.9. The van der Waals surface area contributed by atoms with Crippen LogP contribution in [0.2, 0.25) is 0 Å². The first-order chi connectivity index (χ1) is 7.61. The van der Waals surface area contributed by atoms with Crippen molar-refractivity contribution in [2.45, 2.75) is 11.7 Å². The molecule has 0 aromatic carbocycles. The Bertz CT molecular complexity index is 500. The normalized spacial score (nSPS) is 24.9. The molecule has 0 unspecified atom stereocenters. The minimum Gasteiger partial charge on any atom is -0.393 e. The summed E-state index contributed by atoms with van der Waals surface area (Å²) in [6.07, 6.45) is 1.03. The number of halogens is 1. The molecule has 6 nitrogen and oxygen atoms in total. The number of aliphatic hydroxyl groups excluding tert-OH is 1. The van der Waals surface area contributed by atoms with Crippen molar-refractivity contribution in [2.24, 2.45) is 0 Å². The Balaban J connectivity index is 2.32. The van der Waals surface area contributed by atoms with Crippen molar-refractivity contribution in [3.8, 4) is 0 Å². The molecule has 0 amide bonds. The third-order valence-electron chi connectivity index (χ3n) is 2.12. The number of aromatic amines is 1. The summed E-state index contributed by atoms with van der Waals surface area (Å²) in [5.41, 5.74) is -1.19. The lowest BCUT2D eigenvalue weighted by atomic mass is 10.5. The van der Waals surface area contributed by atoms with Gasteiger partial charge < -0.3 is 9.84 Å². The summed E-state index contributed by atoms with van der Waals surface area (Å²) < 4.78 is 7.19. The van der Waals surface area contributed by atoms with Crippen LogP contribution in [-0.4, -0.2) is 32.5 Å². The molecule has 0 saturated carbocycles. The first-order valence-corrected chi connectivity index (χ1v) is 6.63. The number of hydrogen-bond donors (Lipinski definition) is 2. The first-order valence-electron chi connectivity index (χ1n) is 4.50. The van der Waals surface area contributed by atoms with Gasteiger partial charge in [0, 0.05) is 11.9 Å². The van der Waals surface area contributed by atoms with E-state index in [1.165, 1.54) is 22.5 Å². The minimum atomic E-state index is -0.491. The molecule has 1 saturated heterocycles. The van der Waals surface area contributed by atoms with Crippen LogP contribution in [-0.2, 0) is 4.74 Å². The van der Waals surface area contributed by atoms with E-state index < -0.39 is 17.5 Å². The van der Waals surface area contributed by atoms with Gasteiger partial charge >= 0.3 is 5.69 Å². The fraction of sp³-hybridized carbons (Fsp3) is 0.500. The van der Waals surface area contributed by atoms with E-state index in [0.717, 1.165) is 0 Å². The Hall–Kier alpha value is -0.320. The molecule has 2 N–H and O–H groups in total. The van der Waals surface area contributed by atoms with E-state index in [2.05, 4.69) is 4.98 Å². The summed E-state index contributed by atoms with van der Waals surface area (Å²) in [6, 6.07) is 0. The van der Waals surface area contributed by atoms with Gasteiger partial charge in [0.2, 0.25) is 0 Å². The van der Waals surface area contributed by atoms with E-state index in [0.29, 0.717) is 9.32 Å². The van der Waals surface area contributed by atoms with E-state index in [1.54, 1.807) is 0 Å². The summed E-state index contributed by atoms with van der Waals surface area (Å²) in [5.74, 6) is 0.577. The third kappa shape index (κ3) is 2.34. The van der Waals surface area contributed by atoms with Crippen molar-refractivity contribution in [2.75, 3.05) is 12.4 Å². The molecular formula is C8H9IN2O4S. The number of nitrogens with zero attached hydrogens (tertiary/aromatic N) is 1. The Labute approximate surface area is 108 Å². The summed E-state index contributed by atoms with van der Waals surface area (Å²) in [7, 11) is 0. The highest BCUT2D eigenvalue weighted by atomic mass is 127. The Morgan fingerprint density at radius 3 is 3.06 bits per heavy atom. The van der Waals surface area contributed by atoms with Gasteiger partial charge in [-0.15, -0.1) is 11.8 Å². The number of ether oxygens (including phenoxy) is 1. The topological polar surface area (TPSA) is 84.3 Å². The zero-order valence-electron chi connectivity index (χ0n) is 8.05. The fourth-order valence-electron chi connectivity index (χ4n) is 1.36. The summed E-state index contributed by atoms with van der Waals surface area (Å²) in [6.45, 7) is -0.0869. The van der Waals surface area contributed by atoms with E-state index in [4.69, 9.17) is 9.84 Å². The SMILES string of the molecule is O=c1[nH]c(=O)n([C@@H]2CS[C@@H](CO)O2)cc1I. The number of aromatic nitrogens is 2. The Morgan fingerprint density at radius 1 is 1.69 bits per heavy atom. The van der Waals surface area contributed by atoms with E-state index in [9.17, 15) is 9.59 Å². The average Bonchev–Trinajstić information content (AvgIpc) is 2.71. The highest BCUT2D eigenvalue weighted by Crippen LogP contribution is 2.30. The monoisotopic (exact) mass is 356 g/mol. The van der Waals surface area contributed by atoms with Gasteiger partial charge in [-0.2, -0.15) is 0 Å². The molecule has 1 aromatic heterocycles. The molecule has 1 fully saturated rings. The predicted molar refractivity (Wildman–Crippen MR) is 67.5 cm³/mol. The van der Waals surface area contributed by atoms with Crippen molar-refractivity contribution in [3.05, 3.63) is 30.6 Å². The van der Waals surface area contributed by atoms with Crippen molar-refractivity contribution in [1.29, 1.82) is 0 Å². The molecule has 16 heavy (non-hydrogen) atoms. The quantitative estimate of drug-likeness (QED) is 0.713. The minimum absolute atomic E-state index is 0.0869. The van der Waals surface area contributed by atoms with E-state index in [-0.39, 0.29) is 12.0 Å². The van der Waals surface area contributed by atoms with Crippen LogP contribution in [0.4, 0.5) is 0 Å². The number of H-pyrrole nitrogens is 1. The van der Waals surface area contributed by atoms with Gasteiger partial charge in [0.15, 0.2) is 0 Å². The predicted octanol–water partition coefficient (Wildman–Crippen LogP) is -0.278. The highest BCUT2D eigenvalue weighted by molar-refractivity contribution is 14.1.